The van der Waals surface area contributed by atoms with Gasteiger partial charge in [-0.15, -0.1) is 11.3 Å². The summed E-state index contributed by atoms with van der Waals surface area (Å²) in [6.45, 7) is 1.62. The summed E-state index contributed by atoms with van der Waals surface area (Å²) in [5.41, 5.74) is 1.30. The van der Waals surface area contributed by atoms with Crippen molar-refractivity contribution in [2.45, 2.75) is 39.0 Å². The summed E-state index contributed by atoms with van der Waals surface area (Å²) in [6.07, 6.45) is 7.11. The molecule has 116 valence electrons. The summed E-state index contributed by atoms with van der Waals surface area (Å²) in [7, 11) is 0. The van der Waals surface area contributed by atoms with E-state index in [1.54, 1.807) is 6.92 Å². The topological polar surface area (TPSA) is 98.2 Å². The molecule has 3 N–H and O–H groups in total. The Morgan fingerprint density at radius 3 is 2.91 bits per heavy atom. The molecule has 0 spiro atoms. The number of aromatic carboxylic acids is 1. The van der Waals surface area contributed by atoms with Crippen molar-refractivity contribution in [3.8, 4) is 0 Å². The van der Waals surface area contributed by atoms with E-state index in [1.807, 2.05) is 0 Å². The van der Waals surface area contributed by atoms with Gasteiger partial charge in [0, 0.05) is 6.42 Å². The van der Waals surface area contributed by atoms with Crippen LogP contribution in [0.3, 0.4) is 0 Å². The van der Waals surface area contributed by atoms with Crippen LogP contribution in [0, 0.1) is 6.92 Å². The van der Waals surface area contributed by atoms with Crippen LogP contribution >= 0.6 is 11.3 Å². The first-order valence-corrected chi connectivity index (χ1v) is 8.02. The molecule has 0 aliphatic heterocycles. The highest BCUT2D eigenvalue weighted by molar-refractivity contribution is 7.20. The second-order valence-corrected chi connectivity index (χ2v) is 6.53. The Hall–Kier alpha value is -2.15. The summed E-state index contributed by atoms with van der Waals surface area (Å²) in [6, 6.07) is 0. The summed E-state index contributed by atoms with van der Waals surface area (Å²) < 4.78 is 1.06. The van der Waals surface area contributed by atoms with Crippen LogP contribution in [0.5, 0.6) is 0 Å². The first-order chi connectivity index (χ1) is 10.5. The molecule has 6 nitrogen and oxygen atoms in total. The van der Waals surface area contributed by atoms with Gasteiger partial charge in [0.15, 0.2) is 0 Å². The fourth-order valence-corrected chi connectivity index (χ4v) is 3.86. The average molecular weight is 319 g/mol. The van der Waals surface area contributed by atoms with Crippen LogP contribution in [-0.4, -0.2) is 20.7 Å². The minimum Gasteiger partial charge on any atom is -0.477 e. The van der Waals surface area contributed by atoms with Crippen molar-refractivity contribution in [2.75, 3.05) is 5.84 Å². The van der Waals surface area contributed by atoms with Crippen molar-refractivity contribution in [3.05, 3.63) is 38.3 Å². The summed E-state index contributed by atoms with van der Waals surface area (Å²) in [5, 5.41) is 9.50. The van der Waals surface area contributed by atoms with Crippen molar-refractivity contribution >= 4 is 27.5 Å². The number of nitrogens with two attached hydrogens (primary N) is 1. The first-order valence-electron chi connectivity index (χ1n) is 7.20. The van der Waals surface area contributed by atoms with Gasteiger partial charge in [0.2, 0.25) is 0 Å². The lowest BCUT2D eigenvalue weighted by atomic mass is 9.97. The fourth-order valence-electron chi connectivity index (χ4n) is 2.83. The molecule has 0 amide bonds. The maximum absolute atomic E-state index is 12.4. The normalized spacial score (nSPS) is 15.0. The molecule has 0 bridgehead atoms. The predicted octanol–water partition coefficient (Wildman–Crippen LogP) is 2.22. The number of carboxylic acid groups (broad SMARTS) is 1. The molecule has 3 rings (SSSR count). The lowest BCUT2D eigenvalue weighted by Gasteiger charge is -2.13. The average Bonchev–Trinajstić information content (AvgIpc) is 2.82. The van der Waals surface area contributed by atoms with E-state index < -0.39 is 5.97 Å². The van der Waals surface area contributed by atoms with E-state index in [0.29, 0.717) is 28.0 Å². The molecule has 7 heteroatoms. The van der Waals surface area contributed by atoms with Crippen LogP contribution in [0.4, 0.5) is 0 Å². The van der Waals surface area contributed by atoms with Gasteiger partial charge in [0.25, 0.3) is 5.56 Å². The maximum atomic E-state index is 12.4. The minimum atomic E-state index is -1.04. The number of rotatable bonds is 3. The number of thiophene rings is 1. The Balaban J connectivity index is 2.13. The number of hydrogen-bond acceptors (Lipinski definition) is 5. The Kier molecular flexibility index (Phi) is 3.74. The zero-order valence-corrected chi connectivity index (χ0v) is 13.1. The van der Waals surface area contributed by atoms with Gasteiger partial charge in [-0.2, -0.15) is 0 Å². The number of allylic oxidation sites excluding steroid dienone is 2. The van der Waals surface area contributed by atoms with E-state index in [0.717, 1.165) is 35.3 Å². The molecule has 0 saturated carbocycles. The molecular formula is C15H17N3O3S. The van der Waals surface area contributed by atoms with E-state index in [2.05, 4.69) is 11.1 Å². The lowest BCUT2D eigenvalue weighted by Crippen LogP contribution is -2.32. The zero-order valence-electron chi connectivity index (χ0n) is 12.3. The molecule has 22 heavy (non-hydrogen) atoms. The minimum absolute atomic E-state index is 0.147. The van der Waals surface area contributed by atoms with E-state index in [-0.39, 0.29) is 10.4 Å². The Labute approximate surface area is 130 Å². The lowest BCUT2D eigenvalue weighted by molar-refractivity contribution is 0.0701. The molecule has 0 unspecified atom stereocenters. The molecule has 0 fully saturated rings. The smallest absolute Gasteiger partial charge is 0.346 e. The van der Waals surface area contributed by atoms with Gasteiger partial charge in [0.1, 0.15) is 15.5 Å². The largest absolute Gasteiger partial charge is 0.477 e. The summed E-state index contributed by atoms with van der Waals surface area (Å²) in [5.74, 6) is 5.34. The Morgan fingerprint density at radius 2 is 2.27 bits per heavy atom. The SMILES string of the molecule is Cc1c(C(=O)O)sc2nc(CC3=CCCCC3)n(N)c(=O)c12. The highest BCUT2D eigenvalue weighted by atomic mass is 32.1. The van der Waals surface area contributed by atoms with Crippen LogP contribution in [0.25, 0.3) is 10.2 Å². The zero-order chi connectivity index (χ0) is 15.9. The third-order valence-electron chi connectivity index (χ3n) is 4.03. The second kappa shape index (κ2) is 5.57. The van der Waals surface area contributed by atoms with Gasteiger partial charge in [-0.3, -0.25) is 4.79 Å². The Morgan fingerprint density at radius 1 is 1.50 bits per heavy atom. The van der Waals surface area contributed by atoms with Crippen LogP contribution in [0.15, 0.2) is 16.4 Å². The number of nitrogen functional groups attached to an aromatic ring is 1. The van der Waals surface area contributed by atoms with Gasteiger partial charge >= 0.3 is 5.97 Å². The van der Waals surface area contributed by atoms with Gasteiger partial charge < -0.3 is 10.9 Å². The van der Waals surface area contributed by atoms with Crippen LogP contribution in [-0.2, 0) is 6.42 Å². The van der Waals surface area contributed by atoms with Gasteiger partial charge in [0.05, 0.1) is 5.39 Å². The highest BCUT2D eigenvalue weighted by Gasteiger charge is 2.20. The van der Waals surface area contributed by atoms with Crippen molar-refractivity contribution in [1.82, 2.24) is 9.66 Å². The van der Waals surface area contributed by atoms with Crippen LogP contribution < -0.4 is 11.4 Å². The molecule has 0 saturated heterocycles. The molecule has 0 atom stereocenters. The first kappa shape index (κ1) is 14.8. The van der Waals surface area contributed by atoms with Crippen molar-refractivity contribution in [1.29, 1.82) is 0 Å². The van der Waals surface area contributed by atoms with Crippen molar-refractivity contribution < 1.29 is 9.90 Å². The highest BCUT2D eigenvalue weighted by Crippen LogP contribution is 2.28. The molecule has 2 aromatic heterocycles. The molecule has 1 aliphatic carbocycles. The second-order valence-electron chi connectivity index (χ2n) is 5.53. The molecule has 1 aliphatic rings. The van der Waals surface area contributed by atoms with E-state index >= 15 is 0 Å². The van der Waals surface area contributed by atoms with Crippen molar-refractivity contribution in [2.24, 2.45) is 0 Å². The number of aryl methyl sites for hydroxylation is 1. The van der Waals surface area contributed by atoms with Crippen LogP contribution in [0.1, 0.15) is 46.7 Å². The third-order valence-corrected chi connectivity index (χ3v) is 5.21. The maximum Gasteiger partial charge on any atom is 0.346 e. The standard InChI is InChI=1S/C15H17N3O3S/c1-8-11-13(22-12(8)15(20)21)17-10(18(16)14(11)19)7-9-5-3-2-4-6-9/h5H,2-4,6-7,16H2,1H3,(H,20,21). The fraction of sp³-hybridized carbons (Fsp3) is 0.400. The molecular weight excluding hydrogens is 302 g/mol. The summed E-state index contributed by atoms with van der Waals surface area (Å²) >= 11 is 1.03. The number of aromatic nitrogens is 2. The quantitative estimate of drug-likeness (QED) is 0.667. The van der Waals surface area contributed by atoms with Crippen LogP contribution in [0.2, 0.25) is 0 Å². The number of fused-ring (bicyclic) bond motifs is 1. The number of nitrogens with zero attached hydrogens (tertiary/aromatic N) is 2. The summed E-state index contributed by atoms with van der Waals surface area (Å²) in [4.78, 5) is 28.7. The van der Waals surface area contributed by atoms with Crippen molar-refractivity contribution in [3.63, 3.8) is 0 Å². The van der Waals surface area contributed by atoms with E-state index in [1.165, 1.54) is 12.0 Å². The number of hydrogen-bond donors (Lipinski definition) is 2. The van der Waals surface area contributed by atoms with Gasteiger partial charge in [-0.25, -0.2) is 14.5 Å². The monoisotopic (exact) mass is 319 g/mol. The third kappa shape index (κ3) is 2.41. The molecule has 2 aromatic rings. The Bertz CT molecular complexity index is 848. The molecule has 0 aromatic carbocycles. The van der Waals surface area contributed by atoms with E-state index in [9.17, 15) is 14.7 Å². The number of carboxylic acids is 1. The number of carbonyl (C=O) groups is 1. The molecule has 0 radical (unpaired) electrons. The predicted molar refractivity (Wildman–Crippen MR) is 86.0 cm³/mol. The molecule has 2 heterocycles. The van der Waals surface area contributed by atoms with Gasteiger partial charge in [-0.1, -0.05) is 11.6 Å². The van der Waals surface area contributed by atoms with Gasteiger partial charge in [-0.05, 0) is 38.2 Å². The van der Waals surface area contributed by atoms with E-state index in [4.69, 9.17) is 5.84 Å².